The zero-order valence-electron chi connectivity index (χ0n) is 7.50. The van der Waals surface area contributed by atoms with Crippen molar-refractivity contribution in [2.45, 2.75) is 13.8 Å². The van der Waals surface area contributed by atoms with Gasteiger partial charge in [0.1, 0.15) is 11.6 Å². The standard InChI is InChI=1S/C10H9FN2/c1-6-8-5-12-7(2)13-10(8)4-3-9(6)11/h3-5H,1-2H3. The van der Waals surface area contributed by atoms with E-state index in [4.69, 9.17) is 0 Å². The lowest BCUT2D eigenvalue weighted by Crippen LogP contribution is -1.91. The van der Waals surface area contributed by atoms with Crippen molar-refractivity contribution in [2.75, 3.05) is 0 Å². The number of aromatic nitrogens is 2. The van der Waals surface area contributed by atoms with Crippen molar-refractivity contribution >= 4 is 10.9 Å². The first-order valence-electron chi connectivity index (χ1n) is 4.07. The van der Waals surface area contributed by atoms with E-state index in [2.05, 4.69) is 9.97 Å². The Kier molecular flexibility index (Phi) is 1.72. The maximum Gasteiger partial charge on any atom is 0.126 e. The number of hydrogen-bond acceptors (Lipinski definition) is 2. The molecule has 2 rings (SSSR count). The SMILES string of the molecule is Cc1ncc2c(C)c(F)ccc2n1. The molecule has 0 fully saturated rings. The van der Waals surface area contributed by atoms with Gasteiger partial charge in [-0.1, -0.05) is 0 Å². The van der Waals surface area contributed by atoms with Gasteiger partial charge in [0.15, 0.2) is 0 Å². The third-order valence-corrected chi connectivity index (χ3v) is 2.09. The fraction of sp³-hybridized carbons (Fsp3) is 0.200. The summed E-state index contributed by atoms with van der Waals surface area (Å²) < 4.78 is 13.1. The summed E-state index contributed by atoms with van der Waals surface area (Å²) in [6.45, 7) is 3.55. The van der Waals surface area contributed by atoms with Crippen molar-refractivity contribution in [2.24, 2.45) is 0 Å². The Morgan fingerprint density at radius 3 is 2.77 bits per heavy atom. The van der Waals surface area contributed by atoms with Gasteiger partial charge in [0.05, 0.1) is 5.52 Å². The molecule has 0 N–H and O–H groups in total. The van der Waals surface area contributed by atoms with Crippen molar-refractivity contribution in [1.82, 2.24) is 9.97 Å². The molecule has 0 radical (unpaired) electrons. The smallest absolute Gasteiger partial charge is 0.126 e. The van der Waals surface area contributed by atoms with Crippen molar-refractivity contribution in [3.05, 3.63) is 35.5 Å². The Labute approximate surface area is 75.4 Å². The van der Waals surface area contributed by atoms with E-state index in [0.29, 0.717) is 11.4 Å². The number of aryl methyl sites for hydroxylation is 2. The molecule has 0 amide bonds. The van der Waals surface area contributed by atoms with Crippen molar-refractivity contribution in [3.8, 4) is 0 Å². The second-order valence-electron chi connectivity index (χ2n) is 3.02. The molecular weight excluding hydrogens is 167 g/mol. The van der Waals surface area contributed by atoms with Crippen molar-refractivity contribution in [1.29, 1.82) is 0 Å². The number of rotatable bonds is 0. The number of fused-ring (bicyclic) bond motifs is 1. The molecule has 1 aromatic carbocycles. The van der Waals surface area contributed by atoms with Crippen LogP contribution in [0.2, 0.25) is 0 Å². The molecule has 1 heterocycles. The maximum atomic E-state index is 13.1. The highest BCUT2D eigenvalue weighted by atomic mass is 19.1. The van der Waals surface area contributed by atoms with Crippen LogP contribution in [0.4, 0.5) is 4.39 Å². The molecule has 2 aromatic rings. The Morgan fingerprint density at radius 2 is 2.00 bits per heavy atom. The second kappa shape index (κ2) is 2.76. The predicted octanol–water partition coefficient (Wildman–Crippen LogP) is 2.39. The highest BCUT2D eigenvalue weighted by Gasteiger charge is 2.03. The molecule has 0 unspecified atom stereocenters. The lowest BCUT2D eigenvalue weighted by molar-refractivity contribution is 0.620. The first-order valence-corrected chi connectivity index (χ1v) is 4.07. The molecule has 0 spiro atoms. The third-order valence-electron chi connectivity index (χ3n) is 2.09. The third kappa shape index (κ3) is 1.26. The Balaban J connectivity index is 2.87. The van der Waals surface area contributed by atoms with Gasteiger partial charge in [0.2, 0.25) is 0 Å². The maximum absolute atomic E-state index is 13.1. The average Bonchev–Trinajstić information content (AvgIpc) is 2.12. The number of benzene rings is 1. The van der Waals surface area contributed by atoms with E-state index >= 15 is 0 Å². The molecule has 0 saturated carbocycles. The fourth-order valence-electron chi connectivity index (χ4n) is 1.31. The minimum atomic E-state index is -0.208. The van der Waals surface area contributed by atoms with E-state index in [1.54, 1.807) is 19.2 Å². The molecule has 2 nitrogen and oxygen atoms in total. The summed E-state index contributed by atoms with van der Waals surface area (Å²) in [5, 5.41) is 0.783. The van der Waals surface area contributed by atoms with Gasteiger partial charge in [0.25, 0.3) is 0 Å². The van der Waals surface area contributed by atoms with E-state index < -0.39 is 0 Å². The van der Waals surface area contributed by atoms with Crippen molar-refractivity contribution < 1.29 is 4.39 Å². The molecule has 0 bridgehead atoms. The summed E-state index contributed by atoms with van der Waals surface area (Å²) in [5.74, 6) is 0.499. The van der Waals surface area contributed by atoms with E-state index in [9.17, 15) is 4.39 Å². The highest BCUT2D eigenvalue weighted by Crippen LogP contribution is 2.18. The van der Waals surface area contributed by atoms with Crippen LogP contribution in [0.5, 0.6) is 0 Å². The topological polar surface area (TPSA) is 25.8 Å². The van der Waals surface area contributed by atoms with Gasteiger partial charge in [0, 0.05) is 11.6 Å². The van der Waals surface area contributed by atoms with Gasteiger partial charge in [-0.3, -0.25) is 0 Å². The van der Waals surface area contributed by atoms with Gasteiger partial charge in [-0.05, 0) is 31.5 Å². The Bertz CT molecular complexity index is 466. The van der Waals surface area contributed by atoms with E-state index in [1.807, 2.05) is 6.92 Å². The Morgan fingerprint density at radius 1 is 1.23 bits per heavy atom. The zero-order chi connectivity index (χ0) is 9.42. The molecule has 3 heteroatoms. The van der Waals surface area contributed by atoms with Gasteiger partial charge in [-0.15, -0.1) is 0 Å². The molecule has 0 aliphatic rings. The van der Waals surface area contributed by atoms with E-state index in [1.165, 1.54) is 6.07 Å². The second-order valence-corrected chi connectivity index (χ2v) is 3.02. The summed E-state index contributed by atoms with van der Waals surface area (Å²) in [4.78, 5) is 8.23. The summed E-state index contributed by atoms with van der Waals surface area (Å²) in [6, 6.07) is 3.11. The average molecular weight is 176 g/mol. The van der Waals surface area contributed by atoms with Crippen LogP contribution in [0.25, 0.3) is 10.9 Å². The van der Waals surface area contributed by atoms with Crippen LogP contribution in [0.3, 0.4) is 0 Å². The largest absolute Gasteiger partial charge is 0.241 e. The van der Waals surface area contributed by atoms with Crippen LogP contribution in [0.15, 0.2) is 18.3 Å². The summed E-state index contributed by atoms with van der Waals surface area (Å²) in [7, 11) is 0. The number of hydrogen-bond donors (Lipinski definition) is 0. The minimum absolute atomic E-state index is 0.208. The van der Waals surface area contributed by atoms with Gasteiger partial charge in [-0.2, -0.15) is 0 Å². The summed E-state index contributed by atoms with van der Waals surface area (Å²) >= 11 is 0. The zero-order valence-corrected chi connectivity index (χ0v) is 7.50. The van der Waals surface area contributed by atoms with Gasteiger partial charge < -0.3 is 0 Å². The van der Waals surface area contributed by atoms with Gasteiger partial charge in [-0.25, -0.2) is 14.4 Å². The summed E-state index contributed by atoms with van der Waals surface area (Å²) in [6.07, 6.45) is 1.66. The molecular formula is C10H9FN2. The number of halogens is 1. The highest BCUT2D eigenvalue weighted by molar-refractivity contribution is 5.81. The van der Waals surface area contributed by atoms with Crippen LogP contribution in [0, 0.1) is 19.7 Å². The lowest BCUT2D eigenvalue weighted by Gasteiger charge is -2.02. The van der Waals surface area contributed by atoms with Crippen LogP contribution in [-0.4, -0.2) is 9.97 Å². The normalized spacial score (nSPS) is 10.7. The number of nitrogens with zero attached hydrogens (tertiary/aromatic N) is 2. The first kappa shape index (κ1) is 8.10. The minimum Gasteiger partial charge on any atom is -0.241 e. The molecule has 13 heavy (non-hydrogen) atoms. The van der Waals surface area contributed by atoms with Gasteiger partial charge >= 0.3 is 0 Å². The molecule has 0 saturated heterocycles. The molecule has 0 aliphatic carbocycles. The van der Waals surface area contributed by atoms with E-state index in [-0.39, 0.29) is 5.82 Å². The molecule has 0 aliphatic heterocycles. The molecule has 0 atom stereocenters. The predicted molar refractivity (Wildman–Crippen MR) is 49.0 cm³/mol. The molecule has 1 aromatic heterocycles. The summed E-state index contributed by atoms with van der Waals surface area (Å²) in [5.41, 5.74) is 1.41. The van der Waals surface area contributed by atoms with Crippen LogP contribution in [0.1, 0.15) is 11.4 Å². The van der Waals surface area contributed by atoms with E-state index in [0.717, 1.165) is 10.9 Å². The van der Waals surface area contributed by atoms with Crippen LogP contribution in [-0.2, 0) is 0 Å². The monoisotopic (exact) mass is 176 g/mol. The quantitative estimate of drug-likeness (QED) is 0.616. The van der Waals surface area contributed by atoms with Crippen LogP contribution >= 0.6 is 0 Å². The lowest BCUT2D eigenvalue weighted by atomic mass is 10.1. The first-order chi connectivity index (χ1) is 6.18. The van der Waals surface area contributed by atoms with Crippen LogP contribution < -0.4 is 0 Å². The fourth-order valence-corrected chi connectivity index (χ4v) is 1.31. The Hall–Kier alpha value is -1.51. The van der Waals surface area contributed by atoms with Crippen molar-refractivity contribution in [3.63, 3.8) is 0 Å². The molecule has 66 valence electrons.